The summed E-state index contributed by atoms with van der Waals surface area (Å²) in [4.78, 5) is 12.2. The summed E-state index contributed by atoms with van der Waals surface area (Å²) < 4.78 is 0. The van der Waals surface area contributed by atoms with E-state index in [1.54, 1.807) is 0 Å². The molecular weight excluding hydrogens is 224 g/mol. The smallest absolute Gasteiger partial charge is 0.251 e. The van der Waals surface area contributed by atoms with Gasteiger partial charge in [0.25, 0.3) is 5.91 Å². The molecule has 1 aromatic carbocycles. The van der Waals surface area contributed by atoms with Crippen LogP contribution in [-0.4, -0.2) is 18.5 Å². The Kier molecular flexibility index (Phi) is 3.88. The van der Waals surface area contributed by atoms with Crippen LogP contribution in [0.5, 0.6) is 0 Å². The van der Waals surface area contributed by atoms with Gasteiger partial charge >= 0.3 is 0 Å². The second kappa shape index (κ2) is 5.59. The van der Waals surface area contributed by atoms with Crippen molar-refractivity contribution in [2.45, 2.75) is 32.2 Å². The lowest BCUT2D eigenvalue weighted by atomic mass is 9.97. The summed E-state index contributed by atoms with van der Waals surface area (Å²) in [6.07, 6.45) is 7.82. The third-order valence-electron chi connectivity index (χ3n) is 3.14. The molecule has 3 heteroatoms. The summed E-state index contributed by atoms with van der Waals surface area (Å²) >= 11 is 0. The summed E-state index contributed by atoms with van der Waals surface area (Å²) in [5.74, 6) is 2.53. The zero-order valence-corrected chi connectivity index (χ0v) is 10.6. The van der Waals surface area contributed by atoms with Gasteiger partial charge in [0.15, 0.2) is 0 Å². The van der Waals surface area contributed by atoms with E-state index in [4.69, 9.17) is 6.42 Å². The highest BCUT2D eigenvalue weighted by atomic mass is 16.1. The summed E-state index contributed by atoms with van der Waals surface area (Å²) in [6.45, 7) is 2.90. The molecule has 1 amide bonds. The highest BCUT2D eigenvalue weighted by molar-refractivity contribution is 5.97. The molecule has 0 saturated heterocycles. The largest absolute Gasteiger partial charge is 0.385 e. The SMILES string of the molecule is C#CCC(C)NC(=O)c1cccc2c1CCCN2. The Morgan fingerprint density at radius 1 is 1.61 bits per heavy atom. The number of benzene rings is 1. The molecule has 2 rings (SSSR count). The molecule has 18 heavy (non-hydrogen) atoms. The minimum Gasteiger partial charge on any atom is -0.385 e. The second-order valence-electron chi connectivity index (χ2n) is 4.64. The molecule has 94 valence electrons. The summed E-state index contributed by atoms with van der Waals surface area (Å²) in [6, 6.07) is 5.83. The van der Waals surface area contributed by atoms with Gasteiger partial charge in [-0.05, 0) is 37.5 Å². The van der Waals surface area contributed by atoms with Crippen LogP contribution in [0.2, 0.25) is 0 Å². The van der Waals surface area contributed by atoms with Crippen molar-refractivity contribution in [2.24, 2.45) is 0 Å². The molecule has 0 fully saturated rings. The van der Waals surface area contributed by atoms with Crippen LogP contribution in [0.4, 0.5) is 5.69 Å². The van der Waals surface area contributed by atoms with Crippen molar-refractivity contribution in [1.82, 2.24) is 5.32 Å². The Morgan fingerprint density at radius 2 is 2.44 bits per heavy atom. The first-order chi connectivity index (χ1) is 8.72. The third-order valence-corrected chi connectivity index (χ3v) is 3.14. The Labute approximate surface area is 108 Å². The molecule has 2 N–H and O–H groups in total. The van der Waals surface area contributed by atoms with Crippen molar-refractivity contribution < 1.29 is 4.79 Å². The van der Waals surface area contributed by atoms with E-state index >= 15 is 0 Å². The van der Waals surface area contributed by atoms with Gasteiger partial charge in [-0.2, -0.15) is 0 Å². The topological polar surface area (TPSA) is 41.1 Å². The van der Waals surface area contributed by atoms with Crippen LogP contribution in [-0.2, 0) is 6.42 Å². The van der Waals surface area contributed by atoms with Crippen LogP contribution in [0, 0.1) is 12.3 Å². The van der Waals surface area contributed by atoms with Crippen LogP contribution < -0.4 is 10.6 Å². The highest BCUT2D eigenvalue weighted by Gasteiger charge is 2.18. The monoisotopic (exact) mass is 242 g/mol. The molecule has 3 nitrogen and oxygen atoms in total. The molecule has 0 bridgehead atoms. The fraction of sp³-hybridized carbons (Fsp3) is 0.400. The number of nitrogens with one attached hydrogen (secondary N) is 2. The van der Waals surface area contributed by atoms with Gasteiger partial charge in [0.1, 0.15) is 0 Å². The Bertz CT molecular complexity index is 488. The van der Waals surface area contributed by atoms with E-state index in [0.717, 1.165) is 36.2 Å². The van der Waals surface area contributed by atoms with E-state index < -0.39 is 0 Å². The number of rotatable bonds is 3. The molecule has 0 radical (unpaired) electrons. The standard InChI is InChI=1S/C15H18N2O/c1-3-6-11(2)17-15(18)13-7-4-9-14-12(13)8-5-10-16-14/h1,4,7,9,11,16H,5-6,8,10H2,2H3,(H,17,18). The van der Waals surface area contributed by atoms with Crippen molar-refractivity contribution in [2.75, 3.05) is 11.9 Å². The molecule has 1 heterocycles. The number of hydrogen-bond acceptors (Lipinski definition) is 2. The van der Waals surface area contributed by atoms with Gasteiger partial charge < -0.3 is 10.6 Å². The highest BCUT2D eigenvalue weighted by Crippen LogP contribution is 2.25. The van der Waals surface area contributed by atoms with Crippen LogP contribution in [0.3, 0.4) is 0 Å². The second-order valence-corrected chi connectivity index (χ2v) is 4.64. The van der Waals surface area contributed by atoms with Crippen molar-refractivity contribution in [3.05, 3.63) is 29.3 Å². The normalized spacial score (nSPS) is 14.9. The van der Waals surface area contributed by atoms with Gasteiger partial charge in [-0.1, -0.05) is 6.07 Å². The van der Waals surface area contributed by atoms with Crippen molar-refractivity contribution in [1.29, 1.82) is 0 Å². The lowest BCUT2D eigenvalue weighted by Crippen LogP contribution is -2.33. The first kappa shape index (κ1) is 12.5. The first-order valence-electron chi connectivity index (χ1n) is 6.32. The van der Waals surface area contributed by atoms with Crippen LogP contribution in [0.25, 0.3) is 0 Å². The van der Waals surface area contributed by atoms with E-state index in [1.807, 2.05) is 25.1 Å². The minimum atomic E-state index is -0.0294. The molecule has 1 aromatic rings. The van der Waals surface area contributed by atoms with Crippen LogP contribution in [0.1, 0.15) is 35.7 Å². The summed E-state index contributed by atoms with van der Waals surface area (Å²) in [7, 11) is 0. The zero-order valence-electron chi connectivity index (χ0n) is 10.6. The molecule has 0 aromatic heterocycles. The fourth-order valence-corrected chi connectivity index (χ4v) is 2.25. The zero-order chi connectivity index (χ0) is 13.0. The van der Waals surface area contributed by atoms with Gasteiger partial charge in [-0.15, -0.1) is 12.3 Å². The quantitative estimate of drug-likeness (QED) is 0.798. The average Bonchev–Trinajstić information content (AvgIpc) is 2.38. The van der Waals surface area contributed by atoms with Crippen LogP contribution in [0.15, 0.2) is 18.2 Å². The number of carbonyl (C=O) groups excluding carboxylic acids is 1. The maximum atomic E-state index is 12.2. The van der Waals surface area contributed by atoms with Crippen molar-refractivity contribution >= 4 is 11.6 Å². The maximum absolute atomic E-state index is 12.2. The van der Waals surface area contributed by atoms with Gasteiger partial charge in [0.2, 0.25) is 0 Å². The number of amides is 1. The van der Waals surface area contributed by atoms with E-state index in [0.29, 0.717) is 6.42 Å². The lowest BCUT2D eigenvalue weighted by Gasteiger charge is -2.21. The van der Waals surface area contributed by atoms with Gasteiger partial charge in [0.05, 0.1) is 0 Å². The van der Waals surface area contributed by atoms with E-state index in [-0.39, 0.29) is 11.9 Å². The Hall–Kier alpha value is -1.95. The summed E-state index contributed by atoms with van der Waals surface area (Å²) in [5.41, 5.74) is 2.97. The maximum Gasteiger partial charge on any atom is 0.251 e. The predicted octanol–water partition coefficient (Wildman–Crippen LogP) is 2.19. The molecule has 1 aliphatic rings. The minimum absolute atomic E-state index is 0.00917. The Morgan fingerprint density at radius 3 is 3.22 bits per heavy atom. The number of carbonyl (C=O) groups is 1. The van der Waals surface area contributed by atoms with Crippen molar-refractivity contribution in [3.8, 4) is 12.3 Å². The molecule has 0 aliphatic carbocycles. The number of hydrogen-bond donors (Lipinski definition) is 2. The number of anilines is 1. The molecule has 0 saturated carbocycles. The molecule has 1 atom stereocenters. The molecule has 1 aliphatic heterocycles. The van der Waals surface area contributed by atoms with Crippen molar-refractivity contribution in [3.63, 3.8) is 0 Å². The van der Waals surface area contributed by atoms with E-state index in [9.17, 15) is 4.79 Å². The molecular formula is C15H18N2O. The lowest BCUT2D eigenvalue weighted by molar-refractivity contribution is 0.0940. The summed E-state index contributed by atoms with van der Waals surface area (Å²) in [5, 5.41) is 6.26. The van der Waals surface area contributed by atoms with E-state index in [2.05, 4.69) is 16.6 Å². The fourth-order valence-electron chi connectivity index (χ4n) is 2.25. The number of terminal acetylenes is 1. The molecule has 0 spiro atoms. The number of fused-ring (bicyclic) bond motifs is 1. The van der Waals surface area contributed by atoms with Crippen LogP contribution >= 0.6 is 0 Å². The Balaban J connectivity index is 2.18. The molecule has 1 unspecified atom stereocenters. The predicted molar refractivity (Wildman–Crippen MR) is 73.6 cm³/mol. The van der Waals surface area contributed by atoms with Gasteiger partial charge in [-0.25, -0.2) is 0 Å². The average molecular weight is 242 g/mol. The van der Waals surface area contributed by atoms with E-state index in [1.165, 1.54) is 0 Å². The van der Waals surface area contributed by atoms with Gasteiger partial charge in [0, 0.05) is 30.3 Å². The van der Waals surface area contributed by atoms with Gasteiger partial charge in [-0.3, -0.25) is 4.79 Å². The third kappa shape index (κ3) is 2.65. The first-order valence-corrected chi connectivity index (χ1v) is 6.32.